The monoisotopic (exact) mass is 446 g/mol. The number of hydrogen-bond acceptors (Lipinski definition) is 6. The SMILES string of the molecule is O=S(=O)(c1ccc(C2CC(C(F)(F)F)NN2)s1)N1CCN(c2ccccc2)CC1. The number of halogens is 3. The van der Waals surface area contributed by atoms with E-state index in [0.29, 0.717) is 31.1 Å². The molecule has 2 N–H and O–H groups in total. The maximum absolute atomic E-state index is 13.0. The number of piperazine rings is 1. The Hall–Kier alpha value is -1.66. The van der Waals surface area contributed by atoms with Gasteiger partial charge in [-0.15, -0.1) is 11.3 Å². The van der Waals surface area contributed by atoms with Crippen molar-refractivity contribution in [3.8, 4) is 0 Å². The summed E-state index contributed by atoms with van der Waals surface area (Å²) in [6.07, 6.45) is -4.51. The lowest BCUT2D eigenvalue weighted by Crippen LogP contribution is -2.48. The van der Waals surface area contributed by atoms with E-state index in [9.17, 15) is 21.6 Å². The van der Waals surface area contributed by atoms with Crippen molar-refractivity contribution in [2.45, 2.75) is 28.9 Å². The van der Waals surface area contributed by atoms with Gasteiger partial charge in [0.1, 0.15) is 10.3 Å². The lowest BCUT2D eigenvalue weighted by Gasteiger charge is -2.35. The van der Waals surface area contributed by atoms with Gasteiger partial charge < -0.3 is 4.90 Å². The maximum Gasteiger partial charge on any atom is 0.405 e. The van der Waals surface area contributed by atoms with Crippen LogP contribution in [0.1, 0.15) is 17.3 Å². The van der Waals surface area contributed by atoms with Gasteiger partial charge in [-0.05, 0) is 30.7 Å². The second-order valence-electron chi connectivity index (χ2n) is 7.05. The number of benzene rings is 1. The molecule has 2 atom stereocenters. The van der Waals surface area contributed by atoms with E-state index in [2.05, 4.69) is 15.8 Å². The van der Waals surface area contributed by atoms with Gasteiger partial charge in [0, 0.05) is 36.7 Å². The number of rotatable bonds is 4. The highest BCUT2D eigenvalue weighted by Gasteiger charge is 2.45. The van der Waals surface area contributed by atoms with E-state index in [0.717, 1.165) is 17.0 Å². The van der Waals surface area contributed by atoms with E-state index in [4.69, 9.17) is 0 Å². The first-order chi connectivity index (χ1) is 13.7. The molecule has 2 aromatic rings. The van der Waals surface area contributed by atoms with Crippen molar-refractivity contribution in [2.24, 2.45) is 0 Å². The third-order valence-corrected chi connectivity index (χ3v) is 8.76. The van der Waals surface area contributed by atoms with Gasteiger partial charge in [-0.2, -0.15) is 17.5 Å². The molecule has 29 heavy (non-hydrogen) atoms. The van der Waals surface area contributed by atoms with E-state index in [1.54, 1.807) is 6.07 Å². The molecule has 0 aliphatic carbocycles. The number of thiophene rings is 1. The fraction of sp³-hybridized carbons (Fsp3) is 0.444. The summed E-state index contributed by atoms with van der Waals surface area (Å²) >= 11 is 1.03. The van der Waals surface area contributed by atoms with E-state index >= 15 is 0 Å². The number of para-hydroxylation sites is 1. The summed E-state index contributed by atoms with van der Waals surface area (Å²) < 4.78 is 66.1. The Morgan fingerprint density at radius 3 is 2.28 bits per heavy atom. The Balaban J connectivity index is 1.42. The number of nitrogens with one attached hydrogen (secondary N) is 2. The third-order valence-electron chi connectivity index (χ3n) is 5.20. The zero-order chi connectivity index (χ0) is 20.6. The molecule has 1 aromatic carbocycles. The van der Waals surface area contributed by atoms with Gasteiger partial charge in [-0.1, -0.05) is 18.2 Å². The largest absolute Gasteiger partial charge is 0.405 e. The Kier molecular flexibility index (Phi) is 5.60. The normalized spacial score (nSPS) is 24.2. The van der Waals surface area contributed by atoms with Gasteiger partial charge in [-0.3, -0.25) is 0 Å². The summed E-state index contributed by atoms with van der Waals surface area (Å²) in [7, 11) is -3.66. The standard InChI is InChI=1S/C18H21F3N4O2S2/c19-18(20,21)16-12-14(22-23-16)15-6-7-17(28-15)29(26,27)25-10-8-24(9-11-25)13-4-2-1-3-5-13/h1-7,14,16,22-23H,8-12H2. The quantitative estimate of drug-likeness (QED) is 0.756. The van der Waals surface area contributed by atoms with Gasteiger partial charge in [-0.25, -0.2) is 19.3 Å². The Morgan fingerprint density at radius 1 is 0.966 bits per heavy atom. The first-order valence-electron chi connectivity index (χ1n) is 9.23. The summed E-state index contributed by atoms with van der Waals surface area (Å²) in [4.78, 5) is 2.71. The molecule has 0 spiro atoms. The average Bonchev–Trinajstić information content (AvgIpc) is 3.38. The fourth-order valence-electron chi connectivity index (χ4n) is 3.57. The lowest BCUT2D eigenvalue weighted by atomic mass is 10.1. The fourth-order valence-corrected chi connectivity index (χ4v) is 6.54. The van der Waals surface area contributed by atoms with Crippen molar-refractivity contribution in [1.29, 1.82) is 0 Å². The van der Waals surface area contributed by atoms with Gasteiger partial charge in [0.05, 0.1) is 6.04 Å². The predicted octanol–water partition coefficient (Wildman–Crippen LogP) is 2.73. The summed E-state index contributed by atoms with van der Waals surface area (Å²) in [5, 5.41) is 0. The molecular formula is C18H21F3N4O2S2. The molecule has 3 heterocycles. The van der Waals surface area contributed by atoms with Gasteiger partial charge in [0.15, 0.2) is 0 Å². The average molecular weight is 447 g/mol. The zero-order valence-electron chi connectivity index (χ0n) is 15.4. The smallest absolute Gasteiger partial charge is 0.369 e. The minimum Gasteiger partial charge on any atom is -0.369 e. The number of hydrogen-bond donors (Lipinski definition) is 2. The maximum atomic E-state index is 13.0. The van der Waals surface area contributed by atoms with Crippen molar-refractivity contribution in [3.05, 3.63) is 47.3 Å². The number of sulfonamides is 1. The summed E-state index contributed by atoms with van der Waals surface area (Å²) in [6.45, 7) is 1.90. The number of anilines is 1. The molecule has 2 unspecified atom stereocenters. The van der Waals surface area contributed by atoms with Gasteiger partial charge in [0.2, 0.25) is 0 Å². The molecule has 0 saturated carbocycles. The van der Waals surface area contributed by atoms with E-state index < -0.39 is 28.3 Å². The van der Waals surface area contributed by atoms with Crippen LogP contribution >= 0.6 is 11.3 Å². The van der Waals surface area contributed by atoms with Crippen LogP contribution in [-0.4, -0.2) is 51.1 Å². The Bertz CT molecular complexity index is 942. The molecule has 2 saturated heterocycles. The molecule has 2 aliphatic rings. The first kappa shape index (κ1) is 20.6. The van der Waals surface area contributed by atoms with Crippen molar-refractivity contribution in [1.82, 2.24) is 15.2 Å². The van der Waals surface area contributed by atoms with E-state index in [-0.39, 0.29) is 10.6 Å². The molecule has 2 aliphatic heterocycles. The second-order valence-corrected chi connectivity index (χ2v) is 10.3. The summed E-state index contributed by atoms with van der Waals surface area (Å²) in [5.41, 5.74) is 5.92. The van der Waals surface area contributed by atoms with Crippen molar-refractivity contribution < 1.29 is 21.6 Å². The van der Waals surface area contributed by atoms with E-state index in [1.165, 1.54) is 10.4 Å². The van der Waals surface area contributed by atoms with Crippen LogP contribution in [0.3, 0.4) is 0 Å². The van der Waals surface area contributed by atoms with Gasteiger partial charge in [0.25, 0.3) is 10.0 Å². The van der Waals surface area contributed by atoms with Gasteiger partial charge >= 0.3 is 6.18 Å². The van der Waals surface area contributed by atoms with Crippen LogP contribution < -0.4 is 15.8 Å². The lowest BCUT2D eigenvalue weighted by molar-refractivity contribution is -0.153. The molecule has 2 fully saturated rings. The van der Waals surface area contributed by atoms with Crippen LogP contribution in [0.15, 0.2) is 46.7 Å². The van der Waals surface area contributed by atoms with Crippen LogP contribution in [-0.2, 0) is 10.0 Å². The minimum absolute atomic E-state index is 0.165. The summed E-state index contributed by atoms with van der Waals surface area (Å²) in [6, 6.07) is 10.7. The molecule has 11 heteroatoms. The molecule has 158 valence electrons. The Labute approximate surface area is 171 Å². The molecule has 6 nitrogen and oxygen atoms in total. The van der Waals surface area contributed by atoms with Crippen LogP contribution in [0.25, 0.3) is 0 Å². The highest BCUT2D eigenvalue weighted by molar-refractivity contribution is 7.91. The van der Waals surface area contributed by atoms with Crippen LogP contribution in [0.5, 0.6) is 0 Å². The van der Waals surface area contributed by atoms with Crippen LogP contribution in [0.2, 0.25) is 0 Å². The first-order valence-corrected chi connectivity index (χ1v) is 11.5. The van der Waals surface area contributed by atoms with Crippen molar-refractivity contribution in [2.75, 3.05) is 31.1 Å². The number of alkyl halides is 3. The molecule has 0 amide bonds. The topological polar surface area (TPSA) is 64.7 Å². The molecule has 0 bridgehead atoms. The number of nitrogens with zero attached hydrogens (tertiary/aromatic N) is 2. The predicted molar refractivity (Wildman–Crippen MR) is 105 cm³/mol. The summed E-state index contributed by atoms with van der Waals surface area (Å²) in [5.74, 6) is 0. The third kappa shape index (κ3) is 4.29. The number of hydrazine groups is 1. The zero-order valence-corrected chi connectivity index (χ0v) is 17.0. The second kappa shape index (κ2) is 7.88. The molecule has 0 radical (unpaired) electrons. The van der Waals surface area contributed by atoms with Crippen molar-refractivity contribution in [3.63, 3.8) is 0 Å². The highest BCUT2D eigenvalue weighted by Crippen LogP contribution is 2.36. The van der Waals surface area contributed by atoms with Crippen molar-refractivity contribution >= 4 is 27.0 Å². The molecule has 4 rings (SSSR count). The van der Waals surface area contributed by atoms with Crippen LogP contribution in [0.4, 0.5) is 18.9 Å². The Morgan fingerprint density at radius 2 is 1.66 bits per heavy atom. The minimum atomic E-state index is -4.34. The molecular weight excluding hydrogens is 425 g/mol. The van der Waals surface area contributed by atoms with E-state index in [1.807, 2.05) is 30.3 Å². The molecule has 1 aromatic heterocycles. The highest BCUT2D eigenvalue weighted by atomic mass is 32.2. The van der Waals surface area contributed by atoms with Crippen LogP contribution in [0, 0.1) is 0 Å².